The first kappa shape index (κ1) is 31.4. The number of methoxy groups -OCH3 is 3. The highest BCUT2D eigenvalue weighted by Crippen LogP contribution is 2.39. The van der Waals surface area contributed by atoms with Crippen molar-refractivity contribution in [1.29, 1.82) is 0 Å². The lowest BCUT2D eigenvalue weighted by Gasteiger charge is -2.32. The number of carbonyl (C=O) groups excluding carboxylic acids is 4. The second kappa shape index (κ2) is 13.5. The number of amides is 3. The van der Waals surface area contributed by atoms with E-state index in [4.69, 9.17) is 19.9 Å². The lowest BCUT2D eigenvalue weighted by Crippen LogP contribution is -2.54. The molecule has 0 saturated heterocycles. The molecule has 11 nitrogen and oxygen atoms in total. The van der Waals surface area contributed by atoms with Crippen LogP contribution in [0.25, 0.3) is 11.1 Å². The molecule has 41 heavy (non-hydrogen) atoms. The molecular formula is C30H40N4O7. The standard InChI is InChI=1S/C30H40N4O7/c1-8-16(2)25(31)29(37)34(4)26-19-10-12-24(40-6)21(15-19)20-13-18(9-11-23(20)39-5)14-22(30(38)41-7)33-27(35)17(3)32-28(26)36/h9-13,15-17,22,25-26H,8,14,31H2,1-7H3,(H,32,36)(H,33,35)/t16?,17-,22?,25-,26-/m0/s1. The van der Waals surface area contributed by atoms with Crippen LogP contribution in [0.3, 0.4) is 0 Å². The molecule has 1 heterocycles. The third-order valence-electron chi connectivity index (χ3n) is 7.61. The molecule has 0 spiro atoms. The van der Waals surface area contributed by atoms with Gasteiger partial charge in [0.1, 0.15) is 29.6 Å². The van der Waals surface area contributed by atoms with E-state index in [2.05, 4.69) is 10.6 Å². The zero-order chi connectivity index (χ0) is 30.4. The van der Waals surface area contributed by atoms with Crippen molar-refractivity contribution in [2.75, 3.05) is 28.4 Å². The van der Waals surface area contributed by atoms with E-state index in [0.29, 0.717) is 34.6 Å². The fourth-order valence-corrected chi connectivity index (χ4v) is 4.84. The molecule has 3 rings (SSSR count). The van der Waals surface area contributed by atoms with Gasteiger partial charge in [-0.25, -0.2) is 4.79 Å². The Kier molecular flexibility index (Phi) is 10.3. The van der Waals surface area contributed by atoms with Gasteiger partial charge in [0.15, 0.2) is 0 Å². The van der Waals surface area contributed by atoms with Crippen molar-refractivity contribution in [2.24, 2.45) is 11.7 Å². The third kappa shape index (κ3) is 6.79. The predicted molar refractivity (Wildman–Crippen MR) is 153 cm³/mol. The molecule has 0 fully saturated rings. The minimum Gasteiger partial charge on any atom is -0.496 e. The van der Waals surface area contributed by atoms with E-state index in [1.54, 1.807) is 30.3 Å². The molecule has 4 bridgehead atoms. The van der Waals surface area contributed by atoms with E-state index in [0.717, 1.165) is 5.56 Å². The number of nitrogens with one attached hydrogen (secondary N) is 2. The van der Waals surface area contributed by atoms with Crippen molar-refractivity contribution in [3.8, 4) is 22.6 Å². The van der Waals surface area contributed by atoms with Crippen LogP contribution in [0, 0.1) is 5.92 Å². The number of benzene rings is 2. The number of fused-ring (bicyclic) bond motifs is 5. The van der Waals surface area contributed by atoms with Crippen LogP contribution < -0.4 is 25.8 Å². The zero-order valence-electron chi connectivity index (χ0n) is 24.6. The van der Waals surface area contributed by atoms with Crippen LogP contribution in [0.15, 0.2) is 36.4 Å². The van der Waals surface area contributed by atoms with Crippen LogP contribution in [-0.4, -0.2) is 75.1 Å². The molecule has 3 amide bonds. The molecule has 0 aromatic heterocycles. The Bertz CT molecular complexity index is 1300. The monoisotopic (exact) mass is 568 g/mol. The highest BCUT2D eigenvalue weighted by molar-refractivity contribution is 5.95. The Hall–Kier alpha value is -4.12. The Morgan fingerprint density at radius 2 is 1.61 bits per heavy atom. The van der Waals surface area contributed by atoms with Gasteiger partial charge in [-0.1, -0.05) is 32.4 Å². The largest absolute Gasteiger partial charge is 0.496 e. The highest BCUT2D eigenvalue weighted by atomic mass is 16.5. The summed E-state index contributed by atoms with van der Waals surface area (Å²) in [5.74, 6) is -1.32. The highest BCUT2D eigenvalue weighted by Gasteiger charge is 2.35. The third-order valence-corrected chi connectivity index (χ3v) is 7.61. The lowest BCUT2D eigenvalue weighted by molar-refractivity contribution is -0.145. The van der Waals surface area contributed by atoms with Crippen molar-refractivity contribution < 1.29 is 33.4 Å². The molecule has 0 saturated carbocycles. The van der Waals surface area contributed by atoms with Gasteiger partial charge < -0.3 is 35.5 Å². The molecule has 1 aliphatic heterocycles. The van der Waals surface area contributed by atoms with Crippen LogP contribution >= 0.6 is 0 Å². The van der Waals surface area contributed by atoms with E-state index >= 15 is 0 Å². The number of rotatable bonds is 7. The maximum Gasteiger partial charge on any atom is 0.328 e. The summed E-state index contributed by atoms with van der Waals surface area (Å²) in [5, 5.41) is 5.38. The first-order chi connectivity index (χ1) is 19.5. The van der Waals surface area contributed by atoms with E-state index in [1.807, 2.05) is 19.9 Å². The van der Waals surface area contributed by atoms with Crippen molar-refractivity contribution in [2.45, 2.75) is 57.8 Å². The molecule has 222 valence electrons. The molecule has 11 heteroatoms. The summed E-state index contributed by atoms with van der Waals surface area (Å²) in [6.07, 6.45) is 0.810. The van der Waals surface area contributed by atoms with Gasteiger partial charge in [0.25, 0.3) is 0 Å². The number of carbonyl (C=O) groups is 4. The number of hydrogen-bond donors (Lipinski definition) is 3. The summed E-state index contributed by atoms with van der Waals surface area (Å²) in [6.45, 7) is 5.31. The van der Waals surface area contributed by atoms with Gasteiger partial charge in [0.05, 0.1) is 27.4 Å². The van der Waals surface area contributed by atoms with E-state index in [1.165, 1.54) is 40.2 Å². The van der Waals surface area contributed by atoms with Crippen molar-refractivity contribution in [3.05, 3.63) is 47.5 Å². The lowest BCUT2D eigenvalue weighted by atomic mass is 9.93. The van der Waals surface area contributed by atoms with Gasteiger partial charge in [0.2, 0.25) is 17.7 Å². The molecule has 2 unspecified atom stereocenters. The normalized spacial score (nSPS) is 20.4. The second-order valence-corrected chi connectivity index (χ2v) is 10.3. The minimum absolute atomic E-state index is 0.120. The molecule has 2 aromatic carbocycles. The first-order valence-corrected chi connectivity index (χ1v) is 13.5. The Labute approximate surface area is 240 Å². The van der Waals surface area contributed by atoms with Gasteiger partial charge in [-0.3, -0.25) is 14.4 Å². The summed E-state index contributed by atoms with van der Waals surface area (Å²) in [6, 6.07) is 6.55. The average Bonchev–Trinajstić information content (AvgIpc) is 2.98. The van der Waals surface area contributed by atoms with Gasteiger partial charge in [-0.15, -0.1) is 0 Å². The summed E-state index contributed by atoms with van der Waals surface area (Å²) in [7, 11) is 5.82. The van der Waals surface area contributed by atoms with Crippen LogP contribution in [0.2, 0.25) is 0 Å². The molecule has 0 aliphatic carbocycles. The topological polar surface area (TPSA) is 149 Å². The fraction of sp³-hybridized carbons (Fsp3) is 0.467. The van der Waals surface area contributed by atoms with Crippen LogP contribution in [0.4, 0.5) is 0 Å². The van der Waals surface area contributed by atoms with Gasteiger partial charge in [-0.05, 0) is 48.2 Å². The van der Waals surface area contributed by atoms with Crippen LogP contribution in [-0.2, 0) is 30.3 Å². The average molecular weight is 569 g/mol. The Balaban J connectivity index is 2.27. The van der Waals surface area contributed by atoms with Crippen molar-refractivity contribution in [1.82, 2.24) is 15.5 Å². The first-order valence-electron chi connectivity index (χ1n) is 13.5. The number of likely N-dealkylation sites (N-methyl/N-ethyl adjacent to an activating group) is 1. The quantitative estimate of drug-likeness (QED) is 0.429. The minimum atomic E-state index is -1.13. The molecule has 0 radical (unpaired) electrons. The van der Waals surface area contributed by atoms with Gasteiger partial charge in [0, 0.05) is 24.6 Å². The number of hydrogen-bond acceptors (Lipinski definition) is 8. The number of ether oxygens (including phenoxy) is 3. The number of nitrogens with two attached hydrogens (primary N) is 1. The van der Waals surface area contributed by atoms with Gasteiger partial charge >= 0.3 is 5.97 Å². The molecule has 2 aromatic rings. The van der Waals surface area contributed by atoms with Crippen LogP contribution in [0.1, 0.15) is 44.4 Å². The Morgan fingerprint density at radius 1 is 1.00 bits per heavy atom. The van der Waals surface area contributed by atoms with Crippen LogP contribution in [0.5, 0.6) is 11.5 Å². The smallest absolute Gasteiger partial charge is 0.328 e. The molecule has 4 N–H and O–H groups in total. The van der Waals surface area contributed by atoms with E-state index in [9.17, 15) is 19.2 Å². The van der Waals surface area contributed by atoms with E-state index < -0.39 is 47.9 Å². The second-order valence-electron chi connectivity index (χ2n) is 10.3. The predicted octanol–water partition coefficient (Wildman–Crippen LogP) is 1.96. The van der Waals surface area contributed by atoms with E-state index in [-0.39, 0.29) is 12.3 Å². The Morgan fingerprint density at radius 3 is 2.20 bits per heavy atom. The molecular weight excluding hydrogens is 528 g/mol. The van der Waals surface area contributed by atoms with Gasteiger partial charge in [-0.2, -0.15) is 0 Å². The summed E-state index contributed by atoms with van der Waals surface area (Å²) >= 11 is 0. The fourth-order valence-electron chi connectivity index (χ4n) is 4.84. The number of nitrogens with zero attached hydrogens (tertiary/aromatic N) is 1. The zero-order valence-corrected chi connectivity index (χ0v) is 24.6. The summed E-state index contributed by atoms with van der Waals surface area (Å²) in [5.41, 5.74) is 8.72. The van der Waals surface area contributed by atoms with Crippen molar-refractivity contribution in [3.63, 3.8) is 0 Å². The molecule has 5 atom stereocenters. The summed E-state index contributed by atoms with van der Waals surface area (Å²) in [4.78, 5) is 54.3. The summed E-state index contributed by atoms with van der Waals surface area (Å²) < 4.78 is 16.2. The maximum absolute atomic E-state index is 13.8. The molecule has 1 aliphatic rings. The van der Waals surface area contributed by atoms with Crippen molar-refractivity contribution >= 4 is 23.7 Å². The SMILES string of the molecule is CCC(C)[C@H](N)C(=O)N(C)[C@@H]1C(=O)N[C@@H](C)C(=O)NC(C(=O)OC)Cc2ccc(OC)c(c2)-c2cc1ccc2OC. The maximum atomic E-state index is 13.8. The number of esters is 1.